The highest BCUT2D eigenvalue weighted by Crippen LogP contribution is 2.13. The third kappa shape index (κ3) is 7.01. The van der Waals surface area contributed by atoms with E-state index in [0.29, 0.717) is 6.04 Å². The predicted molar refractivity (Wildman–Crippen MR) is 93.6 cm³/mol. The molecule has 3 N–H and O–H groups in total. The Bertz CT molecular complexity index is 488. The average molecular weight is 319 g/mol. The lowest BCUT2D eigenvalue weighted by atomic mass is 10.1. The number of amides is 1. The molecule has 2 rings (SSSR count). The minimum Gasteiger partial charge on any atom is -0.444 e. The molecule has 0 aromatic heterocycles. The molecule has 1 aliphatic heterocycles. The van der Waals surface area contributed by atoms with Gasteiger partial charge in [-0.2, -0.15) is 0 Å². The number of nitrogens with one attached hydrogen (secondary N) is 3. The van der Waals surface area contributed by atoms with E-state index in [0.717, 1.165) is 25.3 Å². The lowest BCUT2D eigenvalue weighted by Gasteiger charge is -2.23. The first-order chi connectivity index (χ1) is 10.9. The van der Waals surface area contributed by atoms with Crippen LogP contribution in [-0.2, 0) is 11.3 Å². The maximum Gasteiger partial charge on any atom is 0.412 e. The van der Waals surface area contributed by atoms with Gasteiger partial charge in [-0.15, -0.1) is 0 Å². The summed E-state index contributed by atoms with van der Waals surface area (Å²) in [6, 6.07) is 8.44. The van der Waals surface area contributed by atoms with Crippen molar-refractivity contribution in [2.75, 3.05) is 18.4 Å². The van der Waals surface area contributed by atoms with Crippen LogP contribution in [0, 0.1) is 0 Å². The van der Waals surface area contributed by atoms with Gasteiger partial charge < -0.3 is 15.4 Å². The van der Waals surface area contributed by atoms with Crippen LogP contribution >= 0.6 is 0 Å². The quantitative estimate of drug-likeness (QED) is 0.779. The van der Waals surface area contributed by atoms with Crippen molar-refractivity contribution in [2.24, 2.45) is 0 Å². The van der Waals surface area contributed by atoms with Crippen LogP contribution in [0.3, 0.4) is 0 Å². The largest absolute Gasteiger partial charge is 0.444 e. The Labute approximate surface area is 139 Å². The molecule has 1 aromatic carbocycles. The van der Waals surface area contributed by atoms with Gasteiger partial charge >= 0.3 is 6.09 Å². The van der Waals surface area contributed by atoms with Crippen LogP contribution in [0.25, 0.3) is 0 Å². The topological polar surface area (TPSA) is 62.4 Å². The second kappa shape index (κ2) is 8.31. The highest BCUT2D eigenvalue weighted by molar-refractivity contribution is 5.84. The van der Waals surface area contributed by atoms with E-state index < -0.39 is 11.7 Å². The zero-order valence-corrected chi connectivity index (χ0v) is 14.4. The Morgan fingerprint density at radius 1 is 1.26 bits per heavy atom. The Hall–Kier alpha value is -1.59. The fourth-order valence-corrected chi connectivity index (χ4v) is 2.62. The van der Waals surface area contributed by atoms with Gasteiger partial charge in [-0.3, -0.25) is 5.32 Å². The van der Waals surface area contributed by atoms with Crippen molar-refractivity contribution >= 4 is 11.8 Å². The van der Waals surface area contributed by atoms with Crippen molar-refractivity contribution in [3.8, 4) is 0 Å². The first-order valence-corrected chi connectivity index (χ1v) is 8.45. The molecule has 5 heteroatoms. The van der Waals surface area contributed by atoms with Gasteiger partial charge in [0, 0.05) is 24.8 Å². The molecule has 1 fully saturated rings. The fourth-order valence-electron chi connectivity index (χ4n) is 2.62. The maximum absolute atomic E-state index is 11.7. The summed E-state index contributed by atoms with van der Waals surface area (Å²) in [6.07, 6.45) is 3.45. The molecule has 1 aromatic rings. The van der Waals surface area contributed by atoms with Crippen molar-refractivity contribution in [1.29, 1.82) is 0 Å². The minimum absolute atomic E-state index is 0.424. The molecule has 1 unspecified atom stereocenters. The third-order valence-corrected chi connectivity index (χ3v) is 3.73. The summed E-state index contributed by atoms with van der Waals surface area (Å²) in [6.45, 7) is 8.52. The highest BCUT2D eigenvalue weighted by Gasteiger charge is 2.16. The van der Waals surface area contributed by atoms with Gasteiger partial charge in [-0.25, -0.2) is 4.79 Å². The van der Waals surface area contributed by atoms with E-state index in [1.54, 1.807) is 0 Å². The monoisotopic (exact) mass is 319 g/mol. The van der Waals surface area contributed by atoms with E-state index in [2.05, 4.69) is 16.0 Å². The van der Waals surface area contributed by atoms with Crippen LogP contribution in [-0.4, -0.2) is 30.8 Å². The van der Waals surface area contributed by atoms with Crippen molar-refractivity contribution in [2.45, 2.75) is 58.2 Å². The van der Waals surface area contributed by atoms with E-state index in [4.69, 9.17) is 4.74 Å². The number of carbonyl (C=O) groups excluding carboxylic acids is 1. The van der Waals surface area contributed by atoms with Crippen LogP contribution in [0.2, 0.25) is 0 Å². The summed E-state index contributed by atoms with van der Waals surface area (Å²) < 4.78 is 5.23. The molecule has 5 nitrogen and oxygen atoms in total. The molecule has 1 amide bonds. The average Bonchev–Trinajstić information content (AvgIpc) is 2.48. The Kier molecular flexibility index (Phi) is 6.42. The number of hydrogen-bond acceptors (Lipinski definition) is 4. The molecular weight excluding hydrogens is 290 g/mol. The van der Waals surface area contributed by atoms with E-state index in [9.17, 15) is 4.79 Å². The second-order valence-electron chi connectivity index (χ2n) is 7.10. The number of piperidine rings is 1. The number of hydrogen-bond donors (Lipinski definition) is 3. The van der Waals surface area contributed by atoms with Crippen molar-refractivity contribution in [3.05, 3.63) is 29.8 Å². The van der Waals surface area contributed by atoms with Gasteiger partial charge in [-0.05, 0) is 57.9 Å². The summed E-state index contributed by atoms with van der Waals surface area (Å²) in [4.78, 5) is 11.7. The number of benzene rings is 1. The summed E-state index contributed by atoms with van der Waals surface area (Å²) in [7, 11) is 0. The zero-order valence-electron chi connectivity index (χ0n) is 14.4. The standard InChI is InChI=1S/C18H29N3O2/c1-18(2,3)23-17(22)21-15-9-7-14(8-10-15)12-19-13-16-6-4-5-11-20-16/h7-10,16,19-20H,4-6,11-13H2,1-3H3,(H,21,22). The minimum atomic E-state index is -0.485. The van der Waals surface area contributed by atoms with Crippen LogP contribution in [0.4, 0.5) is 10.5 Å². The van der Waals surface area contributed by atoms with E-state index >= 15 is 0 Å². The summed E-state index contributed by atoms with van der Waals surface area (Å²) in [5.74, 6) is 0. The first kappa shape index (κ1) is 17.8. The molecule has 0 spiro atoms. The van der Waals surface area contributed by atoms with E-state index in [-0.39, 0.29) is 0 Å². The Morgan fingerprint density at radius 2 is 2.00 bits per heavy atom. The van der Waals surface area contributed by atoms with Gasteiger partial charge in [0.15, 0.2) is 0 Å². The highest BCUT2D eigenvalue weighted by atomic mass is 16.6. The maximum atomic E-state index is 11.7. The van der Waals surface area contributed by atoms with Gasteiger partial charge in [0.25, 0.3) is 0 Å². The summed E-state index contributed by atoms with van der Waals surface area (Å²) >= 11 is 0. The van der Waals surface area contributed by atoms with Gasteiger partial charge in [0.2, 0.25) is 0 Å². The number of ether oxygens (including phenoxy) is 1. The molecule has 23 heavy (non-hydrogen) atoms. The molecule has 0 bridgehead atoms. The smallest absolute Gasteiger partial charge is 0.412 e. The van der Waals surface area contributed by atoms with E-state index in [1.165, 1.54) is 24.8 Å². The van der Waals surface area contributed by atoms with Gasteiger partial charge in [0.1, 0.15) is 5.60 Å². The van der Waals surface area contributed by atoms with Gasteiger partial charge in [-0.1, -0.05) is 18.6 Å². The van der Waals surface area contributed by atoms with Crippen LogP contribution in [0.5, 0.6) is 0 Å². The lowest BCUT2D eigenvalue weighted by molar-refractivity contribution is 0.0636. The fraction of sp³-hybridized carbons (Fsp3) is 0.611. The third-order valence-electron chi connectivity index (χ3n) is 3.73. The Balaban J connectivity index is 1.72. The van der Waals surface area contributed by atoms with Crippen molar-refractivity contribution < 1.29 is 9.53 Å². The molecule has 0 radical (unpaired) electrons. The molecule has 128 valence electrons. The van der Waals surface area contributed by atoms with Crippen LogP contribution < -0.4 is 16.0 Å². The number of anilines is 1. The normalized spacial score (nSPS) is 18.5. The Morgan fingerprint density at radius 3 is 2.61 bits per heavy atom. The van der Waals surface area contributed by atoms with Crippen molar-refractivity contribution in [1.82, 2.24) is 10.6 Å². The lowest BCUT2D eigenvalue weighted by Crippen LogP contribution is -2.41. The predicted octanol–water partition coefficient (Wildman–Crippen LogP) is 3.27. The molecule has 1 saturated heterocycles. The summed E-state index contributed by atoms with van der Waals surface area (Å²) in [5.41, 5.74) is 1.47. The van der Waals surface area contributed by atoms with E-state index in [1.807, 2.05) is 45.0 Å². The summed E-state index contributed by atoms with van der Waals surface area (Å²) in [5, 5.41) is 9.76. The molecule has 1 atom stereocenters. The first-order valence-electron chi connectivity index (χ1n) is 8.45. The molecule has 0 aliphatic carbocycles. The zero-order chi connectivity index (χ0) is 16.7. The molecule has 0 saturated carbocycles. The van der Waals surface area contributed by atoms with Crippen molar-refractivity contribution in [3.63, 3.8) is 0 Å². The van der Waals surface area contributed by atoms with Crippen LogP contribution in [0.15, 0.2) is 24.3 Å². The number of rotatable bonds is 5. The molecular formula is C18H29N3O2. The van der Waals surface area contributed by atoms with Crippen LogP contribution in [0.1, 0.15) is 45.6 Å². The molecule has 1 heterocycles. The number of carbonyl (C=O) groups is 1. The second-order valence-corrected chi connectivity index (χ2v) is 7.10. The SMILES string of the molecule is CC(C)(C)OC(=O)Nc1ccc(CNCC2CCCCN2)cc1. The molecule has 1 aliphatic rings. The van der Waals surface area contributed by atoms with Gasteiger partial charge in [0.05, 0.1) is 0 Å².